The Morgan fingerprint density at radius 2 is 2.25 bits per heavy atom. The number of carboxylic acid groups (broad SMARTS) is 1. The van der Waals surface area contributed by atoms with Crippen molar-refractivity contribution in [3.63, 3.8) is 0 Å². The first kappa shape index (κ1) is 13.9. The maximum Gasteiger partial charge on any atom is 0.313 e. The summed E-state index contributed by atoms with van der Waals surface area (Å²) in [7, 11) is 0. The maximum absolute atomic E-state index is 10.7. The smallest absolute Gasteiger partial charge is 0.313 e. The average Bonchev–Trinajstić information content (AvgIpc) is 3.02. The van der Waals surface area contributed by atoms with E-state index in [1.165, 1.54) is 11.8 Å². The highest BCUT2D eigenvalue weighted by molar-refractivity contribution is 7.99. The van der Waals surface area contributed by atoms with E-state index in [4.69, 9.17) is 9.84 Å². The highest BCUT2D eigenvalue weighted by atomic mass is 32.2. The van der Waals surface area contributed by atoms with Crippen LogP contribution in [0.4, 0.5) is 0 Å². The van der Waals surface area contributed by atoms with Crippen molar-refractivity contribution in [1.29, 1.82) is 0 Å². The molecule has 2 fully saturated rings. The second-order valence-corrected chi connectivity index (χ2v) is 6.28. The number of aliphatic carboxylic acids is 1. The third kappa shape index (κ3) is 2.69. The molecule has 0 amide bonds. The molecule has 1 aliphatic carbocycles. The third-order valence-electron chi connectivity index (χ3n) is 3.87. The summed E-state index contributed by atoms with van der Waals surface area (Å²) >= 11 is 1.26. The molecule has 1 saturated carbocycles. The summed E-state index contributed by atoms with van der Waals surface area (Å²) in [6.07, 6.45) is 4.44. The summed E-state index contributed by atoms with van der Waals surface area (Å²) in [5, 5.41) is 18.1. The van der Waals surface area contributed by atoms with Crippen molar-refractivity contribution >= 4 is 17.7 Å². The van der Waals surface area contributed by atoms with Crippen LogP contribution in [0.3, 0.4) is 0 Å². The molecule has 1 aliphatic heterocycles. The van der Waals surface area contributed by atoms with Crippen molar-refractivity contribution in [2.75, 3.05) is 12.4 Å². The van der Waals surface area contributed by atoms with E-state index in [-0.39, 0.29) is 11.9 Å². The van der Waals surface area contributed by atoms with Crippen molar-refractivity contribution in [3.05, 3.63) is 5.82 Å². The molecule has 110 valence electrons. The molecule has 0 radical (unpaired) electrons. The van der Waals surface area contributed by atoms with Crippen LogP contribution in [0.1, 0.15) is 50.4 Å². The second-order valence-electron chi connectivity index (χ2n) is 5.34. The number of ether oxygens (including phenoxy) is 1. The minimum atomic E-state index is -0.822. The molecule has 20 heavy (non-hydrogen) atoms. The van der Waals surface area contributed by atoms with Crippen molar-refractivity contribution in [3.8, 4) is 0 Å². The molecule has 1 N–H and O–H groups in total. The van der Waals surface area contributed by atoms with E-state index >= 15 is 0 Å². The third-order valence-corrected chi connectivity index (χ3v) is 4.80. The Hall–Kier alpha value is -1.08. The van der Waals surface area contributed by atoms with Crippen LogP contribution < -0.4 is 0 Å². The van der Waals surface area contributed by atoms with Gasteiger partial charge in [0.1, 0.15) is 5.82 Å². The zero-order valence-corrected chi connectivity index (χ0v) is 12.3. The van der Waals surface area contributed by atoms with Crippen molar-refractivity contribution in [1.82, 2.24) is 14.8 Å². The van der Waals surface area contributed by atoms with Gasteiger partial charge in [0, 0.05) is 18.6 Å². The summed E-state index contributed by atoms with van der Waals surface area (Å²) in [6.45, 7) is 2.90. The lowest BCUT2D eigenvalue weighted by molar-refractivity contribution is -0.133. The van der Waals surface area contributed by atoms with E-state index in [0.717, 1.165) is 43.3 Å². The van der Waals surface area contributed by atoms with Crippen LogP contribution in [0, 0.1) is 0 Å². The first-order valence-corrected chi connectivity index (χ1v) is 8.10. The number of hydrogen-bond donors (Lipinski definition) is 1. The van der Waals surface area contributed by atoms with Gasteiger partial charge in [-0.1, -0.05) is 18.7 Å². The largest absolute Gasteiger partial charge is 0.481 e. The monoisotopic (exact) mass is 297 g/mol. The molecule has 1 saturated heterocycles. The number of rotatable bonds is 6. The van der Waals surface area contributed by atoms with E-state index in [0.29, 0.717) is 12.0 Å². The molecule has 2 atom stereocenters. The first-order valence-electron chi connectivity index (χ1n) is 7.11. The quantitative estimate of drug-likeness (QED) is 0.810. The molecule has 2 unspecified atom stereocenters. The molecular formula is C13H19N3O3S. The molecule has 0 aromatic carbocycles. The Bertz CT molecular complexity index is 501. The van der Waals surface area contributed by atoms with Crippen LogP contribution in [-0.4, -0.2) is 44.3 Å². The zero-order chi connectivity index (χ0) is 14.1. The lowest BCUT2D eigenvalue weighted by Gasteiger charge is -2.17. The van der Waals surface area contributed by atoms with Crippen LogP contribution >= 0.6 is 11.8 Å². The van der Waals surface area contributed by atoms with E-state index < -0.39 is 5.97 Å². The van der Waals surface area contributed by atoms with E-state index in [2.05, 4.69) is 21.7 Å². The summed E-state index contributed by atoms with van der Waals surface area (Å²) in [4.78, 5) is 10.7. The van der Waals surface area contributed by atoms with Gasteiger partial charge in [0.05, 0.1) is 11.9 Å². The molecule has 1 aromatic heterocycles. The lowest BCUT2D eigenvalue weighted by atomic mass is 9.99. The van der Waals surface area contributed by atoms with Crippen LogP contribution in [0.15, 0.2) is 5.16 Å². The summed E-state index contributed by atoms with van der Waals surface area (Å²) in [6, 6.07) is 0.453. The van der Waals surface area contributed by atoms with Crippen molar-refractivity contribution < 1.29 is 14.6 Å². The van der Waals surface area contributed by atoms with E-state index in [9.17, 15) is 4.79 Å². The number of carbonyl (C=O) groups is 1. The standard InChI is InChI=1S/C13H19N3O3S/c1-2-10-9(5-6-19-10)12-14-15-13(20-7-11(17)18)16(12)8-3-4-8/h8-10H,2-7H2,1H3,(H,17,18). The second kappa shape index (κ2) is 5.73. The molecule has 7 heteroatoms. The van der Waals surface area contributed by atoms with Crippen molar-refractivity contribution in [2.45, 2.75) is 55.8 Å². The molecular weight excluding hydrogens is 278 g/mol. The minimum Gasteiger partial charge on any atom is -0.481 e. The average molecular weight is 297 g/mol. The SMILES string of the molecule is CCC1OCCC1c1nnc(SCC(=O)O)n1C1CC1. The number of thioether (sulfide) groups is 1. The number of carboxylic acids is 1. The Kier molecular flexibility index (Phi) is 3.98. The molecule has 0 spiro atoms. The highest BCUT2D eigenvalue weighted by Crippen LogP contribution is 2.42. The van der Waals surface area contributed by atoms with Gasteiger partial charge in [-0.25, -0.2) is 0 Å². The molecule has 0 bridgehead atoms. The Labute approximate surface area is 121 Å². The fraction of sp³-hybridized carbons (Fsp3) is 0.769. The molecule has 6 nitrogen and oxygen atoms in total. The topological polar surface area (TPSA) is 77.2 Å². The Balaban J connectivity index is 1.85. The van der Waals surface area contributed by atoms with Gasteiger partial charge in [0.15, 0.2) is 5.16 Å². The van der Waals surface area contributed by atoms with Gasteiger partial charge in [-0.2, -0.15) is 0 Å². The predicted molar refractivity (Wildman–Crippen MR) is 74.0 cm³/mol. The van der Waals surface area contributed by atoms with Gasteiger partial charge >= 0.3 is 5.97 Å². The lowest BCUT2D eigenvalue weighted by Crippen LogP contribution is -2.17. The maximum atomic E-state index is 10.7. The Morgan fingerprint density at radius 1 is 1.45 bits per heavy atom. The fourth-order valence-corrected chi connectivity index (χ4v) is 3.52. The van der Waals surface area contributed by atoms with Crippen LogP contribution in [0.5, 0.6) is 0 Å². The molecule has 2 aliphatic rings. The number of aromatic nitrogens is 3. The summed E-state index contributed by atoms with van der Waals surface area (Å²) < 4.78 is 7.91. The summed E-state index contributed by atoms with van der Waals surface area (Å²) in [5.74, 6) is 0.498. The zero-order valence-electron chi connectivity index (χ0n) is 11.5. The minimum absolute atomic E-state index is 0.0310. The molecule has 1 aromatic rings. The van der Waals surface area contributed by atoms with E-state index in [1.54, 1.807) is 0 Å². The highest BCUT2D eigenvalue weighted by Gasteiger charge is 2.37. The Morgan fingerprint density at radius 3 is 2.90 bits per heavy atom. The normalized spacial score (nSPS) is 26.1. The van der Waals surface area contributed by atoms with Gasteiger partial charge in [-0.3, -0.25) is 4.79 Å². The van der Waals surface area contributed by atoms with Crippen molar-refractivity contribution in [2.24, 2.45) is 0 Å². The number of hydrogen-bond acceptors (Lipinski definition) is 5. The van der Waals surface area contributed by atoms with Gasteiger partial charge in [0.25, 0.3) is 0 Å². The van der Waals surface area contributed by atoms with Gasteiger partial charge in [0.2, 0.25) is 0 Å². The molecule has 2 heterocycles. The van der Waals surface area contributed by atoms with Gasteiger partial charge in [-0.15, -0.1) is 10.2 Å². The van der Waals surface area contributed by atoms with Crippen LogP contribution in [0.25, 0.3) is 0 Å². The van der Waals surface area contributed by atoms with Crippen LogP contribution in [0.2, 0.25) is 0 Å². The summed E-state index contributed by atoms with van der Waals surface area (Å²) in [5.41, 5.74) is 0. The number of nitrogens with zero attached hydrogens (tertiary/aromatic N) is 3. The van der Waals surface area contributed by atoms with Crippen LogP contribution in [-0.2, 0) is 9.53 Å². The van der Waals surface area contributed by atoms with Gasteiger partial charge < -0.3 is 14.4 Å². The first-order chi connectivity index (χ1) is 9.70. The molecule has 3 rings (SSSR count). The fourth-order valence-electron chi connectivity index (χ4n) is 2.79. The predicted octanol–water partition coefficient (Wildman–Crippen LogP) is 2.07. The van der Waals surface area contributed by atoms with E-state index in [1.807, 2.05) is 0 Å². The van der Waals surface area contributed by atoms with Gasteiger partial charge in [-0.05, 0) is 25.7 Å².